The van der Waals surface area contributed by atoms with Gasteiger partial charge in [-0.2, -0.15) is 0 Å². The van der Waals surface area contributed by atoms with Crippen molar-refractivity contribution < 1.29 is 8.42 Å². The van der Waals surface area contributed by atoms with Crippen molar-refractivity contribution in [2.75, 3.05) is 31.1 Å². The van der Waals surface area contributed by atoms with Gasteiger partial charge in [0.1, 0.15) is 9.84 Å². The van der Waals surface area contributed by atoms with Crippen molar-refractivity contribution in [3.05, 3.63) is 0 Å². The molecule has 1 unspecified atom stereocenters. The van der Waals surface area contributed by atoms with Crippen molar-refractivity contribution in [1.29, 1.82) is 0 Å². The highest BCUT2D eigenvalue weighted by Crippen LogP contribution is 2.37. The van der Waals surface area contributed by atoms with Crippen molar-refractivity contribution >= 4 is 9.84 Å². The molecule has 0 radical (unpaired) electrons. The molecule has 2 heterocycles. The molecule has 21 heavy (non-hydrogen) atoms. The average molecular weight is 317 g/mol. The first-order valence-corrected chi connectivity index (χ1v) is 10.2. The number of nitrogens with two attached hydrogens (primary N) is 1. The van der Waals surface area contributed by atoms with E-state index in [1.807, 2.05) is 0 Å². The number of hydrogen-bond donors (Lipinski definition) is 1. The monoisotopic (exact) mass is 316 g/mol. The molecule has 124 valence electrons. The minimum Gasteiger partial charge on any atom is -0.329 e. The summed E-state index contributed by atoms with van der Waals surface area (Å²) in [7, 11) is -2.83. The van der Waals surface area contributed by atoms with E-state index < -0.39 is 9.84 Å². The summed E-state index contributed by atoms with van der Waals surface area (Å²) in [6.45, 7) is 9.73. The fraction of sp³-hybridized carbons (Fsp3) is 1.00. The van der Waals surface area contributed by atoms with E-state index in [9.17, 15) is 8.42 Å². The first-order chi connectivity index (χ1) is 9.69. The summed E-state index contributed by atoms with van der Waals surface area (Å²) in [6.07, 6.45) is 5.12. The van der Waals surface area contributed by atoms with E-state index in [0.29, 0.717) is 36.3 Å². The highest BCUT2D eigenvalue weighted by Gasteiger charge is 2.42. The van der Waals surface area contributed by atoms with Gasteiger partial charge in [0, 0.05) is 12.1 Å². The van der Waals surface area contributed by atoms with Crippen LogP contribution in [0.25, 0.3) is 0 Å². The first-order valence-electron chi connectivity index (χ1n) is 8.34. The van der Waals surface area contributed by atoms with Gasteiger partial charge in [-0.1, -0.05) is 20.8 Å². The fourth-order valence-electron chi connectivity index (χ4n) is 4.00. The maximum atomic E-state index is 11.7. The standard InChI is InChI=1S/C16H32N2O2S/c1-15(2,3)14-5-4-9-18(10-6-14)16(13-17)7-11-21(19,20)12-8-16/h14H,4-13,17H2,1-3H3. The second-order valence-corrected chi connectivity index (χ2v) is 10.4. The molecule has 0 aromatic rings. The molecule has 0 aromatic carbocycles. The molecule has 0 spiro atoms. The molecular formula is C16H32N2O2S. The van der Waals surface area contributed by atoms with Crippen LogP contribution in [0.2, 0.25) is 0 Å². The molecule has 2 N–H and O–H groups in total. The Balaban J connectivity index is 2.06. The number of likely N-dealkylation sites (tertiary alicyclic amines) is 1. The number of hydrogen-bond acceptors (Lipinski definition) is 4. The smallest absolute Gasteiger partial charge is 0.150 e. The molecule has 0 amide bonds. The minimum atomic E-state index is -2.83. The van der Waals surface area contributed by atoms with Crippen LogP contribution in [0.3, 0.4) is 0 Å². The van der Waals surface area contributed by atoms with Gasteiger partial charge < -0.3 is 5.73 Å². The molecule has 0 aliphatic carbocycles. The van der Waals surface area contributed by atoms with Crippen LogP contribution in [0.1, 0.15) is 52.9 Å². The summed E-state index contributed by atoms with van der Waals surface area (Å²) in [5.74, 6) is 1.37. The fourth-order valence-corrected chi connectivity index (χ4v) is 5.59. The van der Waals surface area contributed by atoms with Gasteiger partial charge in [0.15, 0.2) is 0 Å². The molecule has 5 heteroatoms. The van der Waals surface area contributed by atoms with Crippen LogP contribution in [0.4, 0.5) is 0 Å². The van der Waals surface area contributed by atoms with Gasteiger partial charge >= 0.3 is 0 Å². The van der Waals surface area contributed by atoms with E-state index >= 15 is 0 Å². The predicted octanol–water partition coefficient (Wildman–Crippen LogP) is 2.04. The Labute approximate surface area is 130 Å². The van der Waals surface area contributed by atoms with Gasteiger partial charge in [0.05, 0.1) is 11.5 Å². The Morgan fingerprint density at radius 3 is 2.29 bits per heavy atom. The van der Waals surface area contributed by atoms with E-state index in [2.05, 4.69) is 25.7 Å². The summed E-state index contributed by atoms with van der Waals surface area (Å²) >= 11 is 0. The van der Waals surface area contributed by atoms with Gasteiger partial charge in [-0.15, -0.1) is 0 Å². The third-order valence-corrected chi connectivity index (χ3v) is 7.41. The molecule has 0 bridgehead atoms. The Hall–Kier alpha value is -0.130. The SMILES string of the molecule is CC(C)(C)C1CCCN(C2(CN)CCS(=O)(=O)CC2)CC1. The lowest BCUT2D eigenvalue weighted by molar-refractivity contribution is 0.0826. The van der Waals surface area contributed by atoms with Gasteiger partial charge in [-0.05, 0) is 56.5 Å². The number of nitrogens with zero attached hydrogens (tertiary/aromatic N) is 1. The zero-order valence-electron chi connectivity index (χ0n) is 13.9. The van der Waals surface area contributed by atoms with E-state index in [1.165, 1.54) is 19.3 Å². The maximum Gasteiger partial charge on any atom is 0.150 e. The van der Waals surface area contributed by atoms with Crippen molar-refractivity contribution in [3.8, 4) is 0 Å². The zero-order valence-corrected chi connectivity index (χ0v) is 14.7. The van der Waals surface area contributed by atoms with E-state index in [4.69, 9.17) is 5.73 Å². The molecule has 0 aromatic heterocycles. The summed E-state index contributed by atoms with van der Waals surface area (Å²) in [4.78, 5) is 2.52. The molecule has 0 saturated carbocycles. The third kappa shape index (κ3) is 3.99. The molecule has 2 rings (SSSR count). The molecule has 2 aliphatic rings. The van der Waals surface area contributed by atoms with Crippen LogP contribution in [0, 0.1) is 11.3 Å². The molecule has 4 nitrogen and oxygen atoms in total. The largest absolute Gasteiger partial charge is 0.329 e. The average Bonchev–Trinajstić information content (AvgIpc) is 2.65. The van der Waals surface area contributed by atoms with Crippen LogP contribution >= 0.6 is 0 Å². The zero-order chi connectivity index (χ0) is 15.7. The first kappa shape index (κ1) is 17.2. The van der Waals surface area contributed by atoms with Crippen molar-refractivity contribution in [2.45, 2.75) is 58.4 Å². The number of rotatable bonds is 2. The molecule has 2 aliphatic heterocycles. The van der Waals surface area contributed by atoms with Crippen LogP contribution in [0.15, 0.2) is 0 Å². The lowest BCUT2D eigenvalue weighted by Gasteiger charge is -2.45. The van der Waals surface area contributed by atoms with Gasteiger partial charge in [0.25, 0.3) is 0 Å². The second kappa shape index (κ2) is 6.17. The van der Waals surface area contributed by atoms with Crippen LogP contribution < -0.4 is 5.73 Å². The van der Waals surface area contributed by atoms with Gasteiger partial charge in [-0.25, -0.2) is 8.42 Å². The third-order valence-electron chi connectivity index (χ3n) is 5.76. The van der Waals surface area contributed by atoms with Crippen LogP contribution in [0.5, 0.6) is 0 Å². The predicted molar refractivity (Wildman–Crippen MR) is 88.0 cm³/mol. The van der Waals surface area contributed by atoms with E-state index in [0.717, 1.165) is 19.0 Å². The van der Waals surface area contributed by atoms with Crippen LogP contribution in [-0.4, -0.2) is 50.0 Å². The lowest BCUT2D eigenvalue weighted by Crippen LogP contribution is -2.58. The molecule has 2 fully saturated rings. The summed E-state index contributed by atoms with van der Waals surface area (Å²) < 4.78 is 23.5. The second-order valence-electron chi connectivity index (χ2n) is 8.06. The minimum absolute atomic E-state index is 0.0713. The quantitative estimate of drug-likeness (QED) is 0.847. The maximum absolute atomic E-state index is 11.7. The topological polar surface area (TPSA) is 63.4 Å². The van der Waals surface area contributed by atoms with Crippen molar-refractivity contribution in [3.63, 3.8) is 0 Å². The van der Waals surface area contributed by atoms with Gasteiger partial charge in [0.2, 0.25) is 0 Å². The Kier molecular flexibility index (Phi) is 5.06. The molecule has 2 saturated heterocycles. The summed E-state index contributed by atoms with van der Waals surface area (Å²) in [5.41, 5.74) is 6.38. The normalized spacial score (nSPS) is 30.8. The van der Waals surface area contributed by atoms with Crippen molar-refractivity contribution in [2.24, 2.45) is 17.1 Å². The summed E-state index contributed by atoms with van der Waals surface area (Å²) in [6, 6.07) is 0. The van der Waals surface area contributed by atoms with E-state index in [1.54, 1.807) is 0 Å². The lowest BCUT2D eigenvalue weighted by atomic mass is 9.76. The van der Waals surface area contributed by atoms with Gasteiger partial charge in [-0.3, -0.25) is 4.90 Å². The molecular weight excluding hydrogens is 284 g/mol. The Morgan fingerprint density at radius 1 is 1.14 bits per heavy atom. The van der Waals surface area contributed by atoms with Crippen LogP contribution in [-0.2, 0) is 9.84 Å². The van der Waals surface area contributed by atoms with Crippen molar-refractivity contribution in [1.82, 2.24) is 4.90 Å². The highest BCUT2D eigenvalue weighted by molar-refractivity contribution is 7.91. The Bertz CT molecular complexity index is 439. The molecule has 1 atom stereocenters. The van der Waals surface area contributed by atoms with E-state index in [-0.39, 0.29) is 5.54 Å². The number of sulfone groups is 1. The highest BCUT2D eigenvalue weighted by atomic mass is 32.2. The Morgan fingerprint density at radius 2 is 1.76 bits per heavy atom. The summed E-state index contributed by atoms with van der Waals surface area (Å²) in [5, 5.41) is 0.